The Kier molecular flexibility index (Phi) is 6.16. The first-order valence-corrected chi connectivity index (χ1v) is 12.1. The fourth-order valence-electron chi connectivity index (χ4n) is 4.91. The van der Waals surface area contributed by atoms with Gasteiger partial charge in [-0.3, -0.25) is 9.59 Å². The molecular weight excluding hydrogens is 438 g/mol. The van der Waals surface area contributed by atoms with Crippen LogP contribution in [0.4, 0.5) is 0 Å². The van der Waals surface area contributed by atoms with Gasteiger partial charge in [-0.2, -0.15) is 0 Å². The predicted molar refractivity (Wildman–Crippen MR) is 137 cm³/mol. The van der Waals surface area contributed by atoms with Crippen LogP contribution < -0.4 is 10.2 Å². The number of rotatable bonds is 7. The zero-order valence-electron chi connectivity index (χ0n) is 20.3. The zero-order valence-corrected chi connectivity index (χ0v) is 20.3. The van der Waals surface area contributed by atoms with Crippen LogP contribution >= 0.6 is 0 Å². The third kappa shape index (κ3) is 4.23. The maximum absolute atomic E-state index is 13.9. The number of hydrogen-bond donors (Lipinski definition) is 0. The molecule has 1 atom stereocenters. The molecule has 1 unspecified atom stereocenters. The van der Waals surface area contributed by atoms with E-state index in [2.05, 4.69) is 6.92 Å². The lowest BCUT2D eigenvalue weighted by Crippen LogP contribution is -2.29. The molecule has 1 amide bonds. The monoisotopic (exact) mass is 467 g/mol. The summed E-state index contributed by atoms with van der Waals surface area (Å²) in [7, 11) is 0. The Hall–Kier alpha value is -3.86. The van der Waals surface area contributed by atoms with Crippen LogP contribution in [0.3, 0.4) is 0 Å². The van der Waals surface area contributed by atoms with Gasteiger partial charge in [-0.15, -0.1) is 0 Å². The minimum absolute atomic E-state index is 0.130. The normalized spacial score (nSPS) is 15.0. The Balaban J connectivity index is 1.68. The first kappa shape index (κ1) is 22.9. The largest absolute Gasteiger partial charge is 0.494 e. The number of ether oxygens (including phenoxy) is 1. The van der Waals surface area contributed by atoms with E-state index in [1.165, 1.54) is 0 Å². The summed E-state index contributed by atoms with van der Waals surface area (Å²) in [6.07, 6.45) is 2.01. The van der Waals surface area contributed by atoms with E-state index in [9.17, 15) is 9.59 Å². The summed E-state index contributed by atoms with van der Waals surface area (Å²) in [5, 5.41) is 0.532. The summed E-state index contributed by atoms with van der Waals surface area (Å²) in [5.41, 5.74) is 4.35. The Labute approximate surface area is 205 Å². The fraction of sp³-hybridized carbons (Fsp3) is 0.267. The minimum atomic E-state index is -0.561. The number of amides is 1. The van der Waals surface area contributed by atoms with Crippen molar-refractivity contribution in [1.82, 2.24) is 4.90 Å². The van der Waals surface area contributed by atoms with E-state index in [0.29, 0.717) is 29.7 Å². The van der Waals surface area contributed by atoms with Crippen LogP contribution in [-0.4, -0.2) is 17.4 Å². The molecule has 35 heavy (non-hydrogen) atoms. The molecule has 0 spiro atoms. The molecule has 0 saturated heterocycles. The van der Waals surface area contributed by atoms with Crippen LogP contribution in [0.2, 0.25) is 0 Å². The third-order valence-electron chi connectivity index (χ3n) is 6.55. The van der Waals surface area contributed by atoms with Crippen LogP contribution in [-0.2, 0) is 6.54 Å². The number of benzene rings is 3. The number of nitrogens with zero attached hydrogens (tertiary/aromatic N) is 1. The van der Waals surface area contributed by atoms with Crippen molar-refractivity contribution in [3.63, 3.8) is 0 Å². The minimum Gasteiger partial charge on any atom is -0.494 e. The van der Waals surface area contributed by atoms with Crippen molar-refractivity contribution in [1.29, 1.82) is 0 Å². The van der Waals surface area contributed by atoms with Gasteiger partial charge >= 0.3 is 0 Å². The molecule has 5 nitrogen and oxygen atoms in total. The van der Waals surface area contributed by atoms with Crippen molar-refractivity contribution >= 4 is 16.9 Å². The van der Waals surface area contributed by atoms with E-state index in [1.807, 2.05) is 80.6 Å². The maximum Gasteiger partial charge on any atom is 0.291 e. The lowest BCUT2D eigenvalue weighted by molar-refractivity contribution is 0.0714. The number of aryl methyl sites for hydroxylation is 2. The molecule has 5 heteroatoms. The Morgan fingerprint density at radius 3 is 2.54 bits per heavy atom. The van der Waals surface area contributed by atoms with Gasteiger partial charge in [0.25, 0.3) is 5.91 Å². The second-order valence-electron chi connectivity index (χ2n) is 9.22. The van der Waals surface area contributed by atoms with Crippen molar-refractivity contribution in [2.45, 2.75) is 46.2 Å². The Morgan fingerprint density at radius 2 is 1.77 bits per heavy atom. The molecule has 0 N–H and O–H groups in total. The van der Waals surface area contributed by atoms with Gasteiger partial charge in [0.1, 0.15) is 11.3 Å². The third-order valence-corrected chi connectivity index (χ3v) is 6.55. The average Bonchev–Trinajstić information content (AvgIpc) is 3.11. The summed E-state index contributed by atoms with van der Waals surface area (Å²) in [5.74, 6) is 0.587. The number of fused-ring (bicyclic) bond motifs is 2. The van der Waals surface area contributed by atoms with E-state index >= 15 is 0 Å². The summed E-state index contributed by atoms with van der Waals surface area (Å²) in [4.78, 5) is 29.3. The number of carbonyl (C=O) groups is 1. The second kappa shape index (κ2) is 9.41. The summed E-state index contributed by atoms with van der Waals surface area (Å²) < 4.78 is 12.1. The molecule has 0 aliphatic carbocycles. The van der Waals surface area contributed by atoms with E-state index in [0.717, 1.165) is 40.8 Å². The highest BCUT2D eigenvalue weighted by Crippen LogP contribution is 2.40. The zero-order chi connectivity index (χ0) is 24.5. The molecule has 1 aliphatic heterocycles. The van der Waals surface area contributed by atoms with Gasteiger partial charge < -0.3 is 14.1 Å². The molecule has 0 bridgehead atoms. The van der Waals surface area contributed by atoms with E-state index < -0.39 is 6.04 Å². The molecule has 3 aromatic carbocycles. The van der Waals surface area contributed by atoms with Crippen LogP contribution in [0.1, 0.15) is 64.2 Å². The van der Waals surface area contributed by atoms with E-state index in [-0.39, 0.29) is 17.1 Å². The van der Waals surface area contributed by atoms with Crippen molar-refractivity contribution in [3.05, 3.63) is 111 Å². The van der Waals surface area contributed by atoms with Gasteiger partial charge in [0, 0.05) is 6.54 Å². The fourth-order valence-corrected chi connectivity index (χ4v) is 4.91. The number of unbranched alkanes of at least 4 members (excludes halogenated alkanes) is 1. The van der Waals surface area contributed by atoms with Gasteiger partial charge in [-0.05, 0) is 60.7 Å². The predicted octanol–water partition coefficient (Wildman–Crippen LogP) is 6.33. The van der Waals surface area contributed by atoms with Gasteiger partial charge in [-0.25, -0.2) is 0 Å². The van der Waals surface area contributed by atoms with Crippen molar-refractivity contribution in [2.75, 3.05) is 6.61 Å². The highest BCUT2D eigenvalue weighted by molar-refractivity contribution is 5.99. The molecule has 2 heterocycles. The first-order valence-electron chi connectivity index (χ1n) is 12.1. The molecule has 178 valence electrons. The highest BCUT2D eigenvalue weighted by atomic mass is 16.5. The molecular formula is C30H29NO4. The van der Waals surface area contributed by atoms with Crippen LogP contribution in [0.5, 0.6) is 5.75 Å². The highest BCUT2D eigenvalue weighted by Gasteiger charge is 2.43. The number of hydrogen-bond acceptors (Lipinski definition) is 4. The lowest BCUT2D eigenvalue weighted by atomic mass is 9.96. The van der Waals surface area contributed by atoms with E-state index in [4.69, 9.17) is 9.15 Å². The van der Waals surface area contributed by atoms with Crippen molar-refractivity contribution < 1.29 is 13.9 Å². The first-order chi connectivity index (χ1) is 17.0. The molecule has 5 rings (SSSR count). The van der Waals surface area contributed by atoms with Gasteiger partial charge in [0.05, 0.1) is 23.6 Å². The average molecular weight is 468 g/mol. The molecule has 0 fully saturated rings. The maximum atomic E-state index is 13.9. The second-order valence-corrected chi connectivity index (χ2v) is 9.22. The topological polar surface area (TPSA) is 59.8 Å². The Morgan fingerprint density at radius 1 is 0.971 bits per heavy atom. The summed E-state index contributed by atoms with van der Waals surface area (Å²) >= 11 is 0. The van der Waals surface area contributed by atoms with Gasteiger partial charge in [-0.1, -0.05) is 61.9 Å². The quantitative estimate of drug-likeness (QED) is 0.298. The van der Waals surface area contributed by atoms with Gasteiger partial charge in [0.15, 0.2) is 5.43 Å². The van der Waals surface area contributed by atoms with Crippen molar-refractivity contribution in [3.8, 4) is 5.75 Å². The SMILES string of the molecule is CCCCOc1cccc(C2c3c(oc4cc(C)cc(C)c4c3=O)C(=O)N2Cc2ccccc2)c1. The summed E-state index contributed by atoms with van der Waals surface area (Å²) in [6, 6.07) is 20.8. The van der Waals surface area contributed by atoms with Crippen molar-refractivity contribution in [2.24, 2.45) is 0 Å². The lowest BCUT2D eigenvalue weighted by Gasteiger charge is -2.25. The molecule has 1 aliphatic rings. The smallest absolute Gasteiger partial charge is 0.291 e. The molecule has 0 saturated carbocycles. The number of carbonyl (C=O) groups excluding carboxylic acids is 1. The Bertz CT molecular complexity index is 1450. The summed E-state index contributed by atoms with van der Waals surface area (Å²) in [6.45, 7) is 6.97. The van der Waals surface area contributed by atoms with Crippen LogP contribution in [0.15, 0.2) is 75.9 Å². The standard InChI is InChI=1S/C30H29NO4/c1-4-5-14-34-23-13-9-12-22(17-23)27-26-28(32)25-20(3)15-19(2)16-24(25)35-29(26)30(33)31(27)18-21-10-7-6-8-11-21/h6-13,15-17,27H,4-5,14,18H2,1-3H3. The molecule has 1 aromatic heterocycles. The van der Waals surface area contributed by atoms with Crippen LogP contribution in [0, 0.1) is 13.8 Å². The van der Waals surface area contributed by atoms with E-state index in [1.54, 1.807) is 4.90 Å². The molecule has 0 radical (unpaired) electrons. The molecule has 4 aromatic rings. The van der Waals surface area contributed by atoms with Crippen LogP contribution in [0.25, 0.3) is 11.0 Å². The van der Waals surface area contributed by atoms with Gasteiger partial charge in [0.2, 0.25) is 5.76 Å².